The second-order valence-corrected chi connectivity index (χ2v) is 3.60. The molecule has 70 valence electrons. The second-order valence-electron chi connectivity index (χ2n) is 3.60. The van der Waals surface area contributed by atoms with Crippen LogP contribution < -0.4 is 0 Å². The molecule has 0 fully saturated rings. The van der Waals surface area contributed by atoms with E-state index < -0.39 is 0 Å². The molecule has 0 aromatic carbocycles. The molecule has 0 aromatic rings. The van der Waals surface area contributed by atoms with Gasteiger partial charge in [-0.1, -0.05) is 66.7 Å². The SMILES string of the molecule is C.CCCCCCCC(C)C. The lowest BCUT2D eigenvalue weighted by Gasteiger charge is -2.02. The third kappa shape index (κ3) is 13.1. The Bertz CT molecular complexity index is 55.1. The zero-order valence-corrected chi connectivity index (χ0v) is 7.82. The van der Waals surface area contributed by atoms with E-state index in [0.717, 1.165) is 5.92 Å². The fraction of sp³-hybridized carbons (Fsp3) is 1.00. The zero-order chi connectivity index (χ0) is 7.82. The van der Waals surface area contributed by atoms with E-state index in [2.05, 4.69) is 20.8 Å². The Morgan fingerprint density at radius 2 is 1.45 bits per heavy atom. The van der Waals surface area contributed by atoms with Crippen LogP contribution in [0.5, 0.6) is 0 Å². The molecule has 0 nitrogen and oxygen atoms in total. The first-order valence-electron chi connectivity index (χ1n) is 4.77. The molecule has 0 heterocycles. The highest BCUT2D eigenvalue weighted by molar-refractivity contribution is 4.46. The van der Waals surface area contributed by atoms with Crippen LogP contribution in [0.25, 0.3) is 0 Å². The first kappa shape index (κ1) is 13.6. The number of unbranched alkanes of at least 4 members (excludes halogenated alkanes) is 4. The summed E-state index contributed by atoms with van der Waals surface area (Å²) in [7, 11) is 0. The highest BCUT2D eigenvalue weighted by atomic mass is 14.0. The Labute approximate surface area is 73.4 Å². The molecule has 0 heteroatoms. The fourth-order valence-electron chi connectivity index (χ4n) is 1.16. The minimum Gasteiger partial charge on any atom is -0.0776 e. The summed E-state index contributed by atoms with van der Waals surface area (Å²) in [5.41, 5.74) is 0. The molecule has 0 bridgehead atoms. The molecule has 11 heavy (non-hydrogen) atoms. The van der Waals surface area contributed by atoms with E-state index in [1.54, 1.807) is 0 Å². The average molecular weight is 158 g/mol. The van der Waals surface area contributed by atoms with Gasteiger partial charge in [-0.15, -0.1) is 0 Å². The van der Waals surface area contributed by atoms with Crippen LogP contribution >= 0.6 is 0 Å². The summed E-state index contributed by atoms with van der Waals surface area (Å²) in [6.07, 6.45) is 8.55. The molecule has 0 N–H and O–H groups in total. The lowest BCUT2D eigenvalue weighted by molar-refractivity contribution is 0.518. The van der Waals surface area contributed by atoms with Crippen molar-refractivity contribution in [3.8, 4) is 0 Å². The van der Waals surface area contributed by atoms with Crippen molar-refractivity contribution in [3.63, 3.8) is 0 Å². The highest BCUT2D eigenvalue weighted by Crippen LogP contribution is 2.09. The first-order chi connectivity index (χ1) is 4.77. The maximum atomic E-state index is 2.31. The van der Waals surface area contributed by atoms with Crippen molar-refractivity contribution < 1.29 is 0 Å². The van der Waals surface area contributed by atoms with Crippen molar-refractivity contribution in [3.05, 3.63) is 0 Å². The van der Waals surface area contributed by atoms with Crippen LogP contribution in [0.15, 0.2) is 0 Å². The van der Waals surface area contributed by atoms with E-state index >= 15 is 0 Å². The summed E-state index contributed by atoms with van der Waals surface area (Å²) < 4.78 is 0. The normalized spacial score (nSPS) is 9.82. The summed E-state index contributed by atoms with van der Waals surface area (Å²) in [5.74, 6) is 0.904. The quantitative estimate of drug-likeness (QED) is 0.494. The molecule has 0 rings (SSSR count). The van der Waals surface area contributed by atoms with Gasteiger partial charge in [0.25, 0.3) is 0 Å². The predicted octanol–water partition coefficient (Wildman–Crippen LogP) is 4.64. The van der Waals surface area contributed by atoms with E-state index in [9.17, 15) is 0 Å². The predicted molar refractivity (Wildman–Crippen MR) is 54.9 cm³/mol. The van der Waals surface area contributed by atoms with Crippen LogP contribution in [-0.2, 0) is 0 Å². The van der Waals surface area contributed by atoms with Gasteiger partial charge in [0.1, 0.15) is 0 Å². The molecule has 0 aliphatic heterocycles. The molecule has 0 saturated heterocycles. The molecule has 0 amide bonds. The molecule has 0 aliphatic rings. The Morgan fingerprint density at radius 3 is 1.91 bits per heavy atom. The third-order valence-electron chi connectivity index (χ3n) is 1.89. The van der Waals surface area contributed by atoms with E-state index in [-0.39, 0.29) is 7.43 Å². The van der Waals surface area contributed by atoms with E-state index in [1.165, 1.54) is 38.5 Å². The standard InChI is InChI=1S/C10H22.CH4/c1-4-5-6-7-8-9-10(2)3;/h10H,4-9H2,1-3H3;1H4. The molecule has 0 radical (unpaired) electrons. The molecule has 0 aliphatic carbocycles. The van der Waals surface area contributed by atoms with Gasteiger partial charge in [-0.2, -0.15) is 0 Å². The van der Waals surface area contributed by atoms with Crippen molar-refractivity contribution in [2.24, 2.45) is 5.92 Å². The van der Waals surface area contributed by atoms with Gasteiger partial charge in [0.05, 0.1) is 0 Å². The third-order valence-corrected chi connectivity index (χ3v) is 1.89. The molecule has 0 unspecified atom stereocenters. The van der Waals surface area contributed by atoms with Crippen molar-refractivity contribution >= 4 is 0 Å². The smallest absolute Gasteiger partial charge is 0.0471 e. The summed E-state index contributed by atoms with van der Waals surface area (Å²) in [6.45, 7) is 6.88. The summed E-state index contributed by atoms with van der Waals surface area (Å²) >= 11 is 0. The second kappa shape index (κ2) is 10.0. The average Bonchev–Trinajstić information content (AvgIpc) is 1.87. The lowest BCUT2D eigenvalue weighted by atomic mass is 10.0. The molecule has 0 aromatic heterocycles. The molecule has 0 spiro atoms. The molecule has 0 atom stereocenters. The van der Waals surface area contributed by atoms with Crippen molar-refractivity contribution in [2.45, 2.75) is 66.7 Å². The van der Waals surface area contributed by atoms with E-state index in [0.29, 0.717) is 0 Å². The molecule has 0 saturated carbocycles. The summed E-state index contributed by atoms with van der Waals surface area (Å²) in [6, 6.07) is 0. The number of hydrogen-bond acceptors (Lipinski definition) is 0. The Morgan fingerprint density at radius 1 is 0.909 bits per heavy atom. The Balaban J connectivity index is 0. The van der Waals surface area contributed by atoms with Crippen LogP contribution in [0, 0.1) is 5.92 Å². The summed E-state index contributed by atoms with van der Waals surface area (Å²) in [5, 5.41) is 0. The van der Waals surface area contributed by atoms with Crippen molar-refractivity contribution in [1.29, 1.82) is 0 Å². The minimum absolute atomic E-state index is 0. The Hall–Kier alpha value is 0. The molecular weight excluding hydrogens is 132 g/mol. The van der Waals surface area contributed by atoms with Crippen LogP contribution in [0.3, 0.4) is 0 Å². The van der Waals surface area contributed by atoms with E-state index in [1.807, 2.05) is 0 Å². The van der Waals surface area contributed by atoms with Gasteiger partial charge in [0, 0.05) is 0 Å². The van der Waals surface area contributed by atoms with Crippen molar-refractivity contribution in [2.75, 3.05) is 0 Å². The number of hydrogen-bond donors (Lipinski definition) is 0. The maximum Gasteiger partial charge on any atom is -0.0471 e. The zero-order valence-electron chi connectivity index (χ0n) is 7.82. The van der Waals surface area contributed by atoms with E-state index in [4.69, 9.17) is 0 Å². The summed E-state index contributed by atoms with van der Waals surface area (Å²) in [4.78, 5) is 0. The monoisotopic (exact) mass is 158 g/mol. The largest absolute Gasteiger partial charge is 0.0776 e. The van der Waals surface area contributed by atoms with Gasteiger partial charge in [0.15, 0.2) is 0 Å². The molecular formula is C11H26. The van der Waals surface area contributed by atoms with Gasteiger partial charge < -0.3 is 0 Å². The van der Waals surface area contributed by atoms with Gasteiger partial charge in [-0.25, -0.2) is 0 Å². The number of rotatable bonds is 6. The Kier molecular flexibility index (Phi) is 12.3. The first-order valence-corrected chi connectivity index (χ1v) is 4.77. The van der Waals surface area contributed by atoms with Crippen LogP contribution in [0.2, 0.25) is 0 Å². The minimum atomic E-state index is 0. The topological polar surface area (TPSA) is 0 Å². The van der Waals surface area contributed by atoms with Crippen LogP contribution in [0.4, 0.5) is 0 Å². The van der Waals surface area contributed by atoms with Crippen molar-refractivity contribution in [1.82, 2.24) is 0 Å². The van der Waals surface area contributed by atoms with Gasteiger partial charge in [-0.05, 0) is 5.92 Å². The van der Waals surface area contributed by atoms with Crippen LogP contribution in [-0.4, -0.2) is 0 Å². The fourth-order valence-corrected chi connectivity index (χ4v) is 1.16. The lowest BCUT2D eigenvalue weighted by Crippen LogP contribution is -1.86. The van der Waals surface area contributed by atoms with Gasteiger partial charge in [-0.3, -0.25) is 0 Å². The highest BCUT2D eigenvalue weighted by Gasteiger charge is 1.92. The van der Waals surface area contributed by atoms with Gasteiger partial charge in [0.2, 0.25) is 0 Å². The van der Waals surface area contributed by atoms with Gasteiger partial charge >= 0.3 is 0 Å². The van der Waals surface area contributed by atoms with Crippen LogP contribution in [0.1, 0.15) is 66.7 Å². The maximum absolute atomic E-state index is 2.31.